The molecular formula is C14H25N3. The molecule has 17 heavy (non-hydrogen) atoms. The Kier molecular flexibility index (Phi) is 3.30. The van der Waals surface area contributed by atoms with Gasteiger partial charge >= 0.3 is 0 Å². The Hall–Kier alpha value is -0.830. The molecule has 0 bridgehead atoms. The minimum atomic E-state index is 0.232. The summed E-state index contributed by atoms with van der Waals surface area (Å²) in [4.78, 5) is 0. The van der Waals surface area contributed by atoms with Crippen molar-refractivity contribution in [1.29, 1.82) is 0 Å². The number of hydrogen-bond donors (Lipinski definition) is 1. The van der Waals surface area contributed by atoms with Crippen molar-refractivity contribution in [2.75, 3.05) is 6.54 Å². The number of aromatic nitrogens is 2. The molecule has 1 aromatic heterocycles. The summed E-state index contributed by atoms with van der Waals surface area (Å²) in [7, 11) is 2.02. The highest BCUT2D eigenvalue weighted by molar-refractivity contribution is 5.28. The second-order valence-corrected chi connectivity index (χ2v) is 6.29. The number of rotatable bonds is 4. The average Bonchev–Trinajstić information content (AvgIpc) is 2.90. The van der Waals surface area contributed by atoms with Crippen molar-refractivity contribution in [3.63, 3.8) is 0 Å². The van der Waals surface area contributed by atoms with E-state index < -0.39 is 0 Å². The molecule has 0 aliphatic heterocycles. The maximum Gasteiger partial charge on any atom is 0.0656 e. The summed E-state index contributed by atoms with van der Waals surface area (Å²) in [5.41, 5.74) is 3.00. The minimum absolute atomic E-state index is 0.232. The summed E-state index contributed by atoms with van der Waals surface area (Å²) in [5.74, 6) is 1.55. The lowest BCUT2D eigenvalue weighted by Crippen LogP contribution is -2.37. The molecule has 0 saturated heterocycles. The van der Waals surface area contributed by atoms with Gasteiger partial charge in [-0.15, -0.1) is 0 Å². The molecule has 3 nitrogen and oxygen atoms in total. The van der Waals surface area contributed by atoms with E-state index in [1.54, 1.807) is 0 Å². The highest BCUT2D eigenvalue weighted by Crippen LogP contribution is 2.48. The van der Waals surface area contributed by atoms with Crippen LogP contribution in [-0.4, -0.2) is 21.9 Å². The first-order valence-corrected chi connectivity index (χ1v) is 6.68. The van der Waals surface area contributed by atoms with Crippen LogP contribution in [0.2, 0.25) is 0 Å². The normalized spacial score (nSPS) is 24.1. The fourth-order valence-corrected chi connectivity index (χ4v) is 2.43. The van der Waals surface area contributed by atoms with Crippen molar-refractivity contribution < 1.29 is 0 Å². The summed E-state index contributed by atoms with van der Waals surface area (Å²) in [5, 5.41) is 8.13. The summed E-state index contributed by atoms with van der Waals surface area (Å²) in [6.45, 7) is 10.0. The van der Waals surface area contributed by atoms with Crippen molar-refractivity contribution in [1.82, 2.24) is 15.1 Å². The van der Waals surface area contributed by atoms with Gasteiger partial charge in [0.2, 0.25) is 0 Å². The first-order valence-electron chi connectivity index (χ1n) is 6.68. The lowest BCUT2D eigenvalue weighted by molar-refractivity contribution is 0.414. The second kappa shape index (κ2) is 4.45. The van der Waals surface area contributed by atoms with Crippen molar-refractivity contribution in [3.8, 4) is 0 Å². The van der Waals surface area contributed by atoms with Crippen molar-refractivity contribution in [2.45, 2.75) is 52.0 Å². The van der Waals surface area contributed by atoms with Crippen LogP contribution in [-0.2, 0) is 13.5 Å². The molecule has 0 aromatic carbocycles. The predicted octanol–water partition coefficient (Wildman–Crippen LogP) is 2.47. The van der Waals surface area contributed by atoms with Gasteiger partial charge in [0.15, 0.2) is 0 Å². The molecule has 0 amide bonds. The van der Waals surface area contributed by atoms with E-state index in [1.807, 2.05) is 11.7 Å². The standard InChI is InChI=1S/C14H25N3/c1-6-13-12(9-17(5)16-13)11-7-10(11)8-15-14(2,3)4/h9-11,15H,6-8H2,1-5H3. The Bertz CT molecular complexity index is 387. The quantitative estimate of drug-likeness (QED) is 0.869. The molecule has 3 heteroatoms. The molecule has 2 atom stereocenters. The number of nitrogens with zero attached hydrogens (tertiary/aromatic N) is 2. The van der Waals surface area contributed by atoms with Gasteiger partial charge in [0.1, 0.15) is 0 Å². The molecule has 1 fully saturated rings. The van der Waals surface area contributed by atoms with Crippen LogP contribution >= 0.6 is 0 Å². The Morgan fingerprint density at radius 2 is 2.18 bits per heavy atom. The summed E-state index contributed by atoms with van der Waals surface area (Å²) in [6.07, 6.45) is 4.58. The van der Waals surface area contributed by atoms with Gasteiger partial charge in [-0.3, -0.25) is 4.68 Å². The van der Waals surface area contributed by atoms with E-state index in [2.05, 4.69) is 44.3 Å². The molecule has 2 rings (SSSR count). The first kappa shape index (κ1) is 12.6. The first-order chi connectivity index (χ1) is 7.90. The zero-order valence-corrected chi connectivity index (χ0v) is 11.7. The second-order valence-electron chi connectivity index (χ2n) is 6.29. The third kappa shape index (κ3) is 3.09. The maximum absolute atomic E-state index is 4.53. The zero-order chi connectivity index (χ0) is 12.6. The zero-order valence-electron chi connectivity index (χ0n) is 11.7. The third-order valence-corrected chi connectivity index (χ3v) is 3.49. The largest absolute Gasteiger partial charge is 0.312 e. The lowest BCUT2D eigenvalue weighted by atomic mass is 10.1. The molecule has 96 valence electrons. The van der Waals surface area contributed by atoms with Crippen LogP contribution in [0, 0.1) is 5.92 Å². The predicted molar refractivity (Wildman–Crippen MR) is 71.2 cm³/mol. The fraction of sp³-hybridized carbons (Fsp3) is 0.786. The smallest absolute Gasteiger partial charge is 0.0656 e. The minimum Gasteiger partial charge on any atom is -0.312 e. The Morgan fingerprint density at radius 3 is 2.76 bits per heavy atom. The van der Waals surface area contributed by atoms with Crippen molar-refractivity contribution >= 4 is 0 Å². The lowest BCUT2D eigenvalue weighted by Gasteiger charge is -2.20. The molecular weight excluding hydrogens is 210 g/mol. The molecule has 1 N–H and O–H groups in total. The van der Waals surface area contributed by atoms with Gasteiger partial charge in [-0.05, 0) is 57.6 Å². The molecule has 2 unspecified atom stereocenters. The Balaban J connectivity index is 1.93. The summed E-state index contributed by atoms with van der Waals surface area (Å²) in [6, 6.07) is 0. The van der Waals surface area contributed by atoms with Crippen molar-refractivity contribution in [3.05, 3.63) is 17.5 Å². The number of aryl methyl sites for hydroxylation is 2. The third-order valence-electron chi connectivity index (χ3n) is 3.49. The Morgan fingerprint density at radius 1 is 1.47 bits per heavy atom. The van der Waals surface area contributed by atoms with E-state index in [9.17, 15) is 0 Å². The van der Waals surface area contributed by atoms with Crippen LogP contribution in [0.5, 0.6) is 0 Å². The number of hydrogen-bond acceptors (Lipinski definition) is 2. The van der Waals surface area contributed by atoms with Gasteiger partial charge in [0, 0.05) is 18.8 Å². The van der Waals surface area contributed by atoms with E-state index in [4.69, 9.17) is 0 Å². The molecule has 1 aliphatic carbocycles. The maximum atomic E-state index is 4.53. The Labute approximate surface area is 105 Å². The van der Waals surface area contributed by atoms with E-state index in [0.717, 1.165) is 24.8 Å². The van der Waals surface area contributed by atoms with Crippen LogP contribution < -0.4 is 5.32 Å². The molecule has 1 aromatic rings. The molecule has 1 saturated carbocycles. The number of nitrogens with one attached hydrogen (secondary N) is 1. The van der Waals surface area contributed by atoms with E-state index in [1.165, 1.54) is 17.7 Å². The molecule has 0 spiro atoms. The van der Waals surface area contributed by atoms with Crippen LogP contribution in [0.15, 0.2) is 6.20 Å². The van der Waals surface area contributed by atoms with Gasteiger partial charge in [-0.2, -0.15) is 5.10 Å². The molecule has 1 heterocycles. The highest BCUT2D eigenvalue weighted by atomic mass is 15.3. The average molecular weight is 235 g/mol. The van der Waals surface area contributed by atoms with E-state index in [-0.39, 0.29) is 5.54 Å². The summed E-state index contributed by atoms with van der Waals surface area (Å²) >= 11 is 0. The van der Waals surface area contributed by atoms with Gasteiger partial charge < -0.3 is 5.32 Å². The topological polar surface area (TPSA) is 29.9 Å². The SMILES string of the molecule is CCc1nn(C)cc1C1CC1CNC(C)(C)C. The van der Waals surface area contributed by atoms with E-state index >= 15 is 0 Å². The van der Waals surface area contributed by atoms with Gasteiger partial charge in [0.05, 0.1) is 5.69 Å². The summed E-state index contributed by atoms with van der Waals surface area (Å²) < 4.78 is 1.96. The van der Waals surface area contributed by atoms with Gasteiger partial charge in [-0.1, -0.05) is 6.92 Å². The van der Waals surface area contributed by atoms with Gasteiger partial charge in [-0.25, -0.2) is 0 Å². The molecule has 1 aliphatic rings. The van der Waals surface area contributed by atoms with Crippen LogP contribution in [0.25, 0.3) is 0 Å². The van der Waals surface area contributed by atoms with Crippen LogP contribution in [0.4, 0.5) is 0 Å². The highest BCUT2D eigenvalue weighted by Gasteiger charge is 2.40. The van der Waals surface area contributed by atoms with Gasteiger partial charge in [0.25, 0.3) is 0 Å². The van der Waals surface area contributed by atoms with Crippen LogP contribution in [0.3, 0.4) is 0 Å². The van der Waals surface area contributed by atoms with Crippen molar-refractivity contribution in [2.24, 2.45) is 13.0 Å². The fourth-order valence-electron chi connectivity index (χ4n) is 2.43. The van der Waals surface area contributed by atoms with E-state index in [0.29, 0.717) is 0 Å². The van der Waals surface area contributed by atoms with Crippen LogP contribution in [0.1, 0.15) is 51.3 Å². The monoisotopic (exact) mass is 235 g/mol. The molecule has 0 radical (unpaired) electrons.